The summed E-state index contributed by atoms with van der Waals surface area (Å²) in [4.78, 5) is 4.43. The summed E-state index contributed by atoms with van der Waals surface area (Å²) in [7, 11) is 0. The largest absolute Gasteiger partial charge is 0.381 e. The Morgan fingerprint density at radius 3 is 2.89 bits per heavy atom. The Morgan fingerprint density at radius 1 is 1.42 bits per heavy atom. The van der Waals surface area contributed by atoms with Crippen LogP contribution in [-0.4, -0.2) is 40.6 Å². The molecule has 1 aromatic heterocycles. The first-order valence-electron chi connectivity index (χ1n) is 7.53. The van der Waals surface area contributed by atoms with Gasteiger partial charge in [0.1, 0.15) is 12.2 Å². The molecule has 5 heteroatoms. The van der Waals surface area contributed by atoms with Crippen molar-refractivity contribution in [2.45, 2.75) is 52.1 Å². The number of nitrogens with one attached hydrogen (secondary N) is 1. The van der Waals surface area contributed by atoms with Gasteiger partial charge in [0.15, 0.2) is 0 Å². The van der Waals surface area contributed by atoms with Gasteiger partial charge in [0.2, 0.25) is 0 Å². The number of aromatic nitrogens is 3. The number of ether oxygens (including phenoxy) is 1. The van der Waals surface area contributed by atoms with Crippen molar-refractivity contribution in [1.29, 1.82) is 0 Å². The smallest absolute Gasteiger partial charge is 0.138 e. The molecule has 1 aliphatic rings. The average Bonchev–Trinajstić information content (AvgIpc) is 2.87. The molecule has 1 fully saturated rings. The maximum Gasteiger partial charge on any atom is 0.138 e. The molecule has 0 spiro atoms. The quantitative estimate of drug-likeness (QED) is 0.815. The molecule has 1 aromatic rings. The van der Waals surface area contributed by atoms with E-state index in [1.165, 1.54) is 0 Å². The summed E-state index contributed by atoms with van der Waals surface area (Å²) in [6, 6.07) is 0.494. The maximum absolute atomic E-state index is 5.46. The van der Waals surface area contributed by atoms with E-state index >= 15 is 0 Å². The van der Waals surface area contributed by atoms with Gasteiger partial charge in [-0.3, -0.25) is 4.68 Å². The van der Waals surface area contributed by atoms with E-state index in [-0.39, 0.29) is 0 Å². The SMILES string of the molecule is CCCn1ncnc1CC(NCC)C1CCOCC1. The van der Waals surface area contributed by atoms with Crippen molar-refractivity contribution in [1.82, 2.24) is 20.1 Å². The molecule has 108 valence electrons. The highest BCUT2D eigenvalue weighted by atomic mass is 16.5. The van der Waals surface area contributed by atoms with Crippen molar-refractivity contribution < 1.29 is 4.74 Å². The minimum atomic E-state index is 0.494. The van der Waals surface area contributed by atoms with Crippen LogP contribution in [0.3, 0.4) is 0 Å². The standard InChI is InChI=1S/C14H26N4O/c1-3-7-18-14(16-11-17-18)10-13(15-4-2)12-5-8-19-9-6-12/h11-13,15H,3-10H2,1-2H3. The predicted octanol–water partition coefficient (Wildman–Crippen LogP) is 1.64. The first-order chi connectivity index (χ1) is 9.35. The van der Waals surface area contributed by atoms with Crippen molar-refractivity contribution in [3.63, 3.8) is 0 Å². The van der Waals surface area contributed by atoms with Gasteiger partial charge in [0, 0.05) is 32.2 Å². The number of aryl methyl sites for hydroxylation is 1. The van der Waals surface area contributed by atoms with E-state index in [0.717, 1.165) is 57.8 Å². The molecule has 2 heterocycles. The fourth-order valence-corrected chi connectivity index (χ4v) is 2.83. The molecule has 1 atom stereocenters. The second kappa shape index (κ2) is 7.60. The van der Waals surface area contributed by atoms with E-state index in [0.29, 0.717) is 12.0 Å². The second-order valence-corrected chi connectivity index (χ2v) is 5.22. The highest BCUT2D eigenvalue weighted by Gasteiger charge is 2.25. The number of likely N-dealkylation sites (N-methyl/N-ethyl adjacent to an activating group) is 1. The molecule has 0 radical (unpaired) electrons. The Hall–Kier alpha value is -0.940. The summed E-state index contributed by atoms with van der Waals surface area (Å²) in [5.41, 5.74) is 0. The molecule has 0 aliphatic carbocycles. The zero-order chi connectivity index (χ0) is 13.5. The summed E-state index contributed by atoms with van der Waals surface area (Å²) in [6.45, 7) is 8.10. The van der Waals surface area contributed by atoms with Gasteiger partial charge in [0.05, 0.1) is 0 Å². The van der Waals surface area contributed by atoms with Gasteiger partial charge in [-0.2, -0.15) is 5.10 Å². The van der Waals surface area contributed by atoms with Gasteiger partial charge in [-0.05, 0) is 31.7 Å². The fourth-order valence-electron chi connectivity index (χ4n) is 2.83. The van der Waals surface area contributed by atoms with Crippen LogP contribution in [0, 0.1) is 5.92 Å². The van der Waals surface area contributed by atoms with E-state index in [1.807, 2.05) is 4.68 Å². The lowest BCUT2D eigenvalue weighted by Gasteiger charge is -2.30. The van der Waals surface area contributed by atoms with E-state index < -0.39 is 0 Å². The summed E-state index contributed by atoms with van der Waals surface area (Å²) in [5.74, 6) is 1.81. The minimum absolute atomic E-state index is 0.494. The molecule has 1 saturated heterocycles. The highest BCUT2D eigenvalue weighted by molar-refractivity contribution is 4.92. The Bertz CT molecular complexity index is 360. The summed E-state index contributed by atoms with van der Waals surface area (Å²) < 4.78 is 7.51. The van der Waals surface area contributed by atoms with Crippen LogP contribution in [0.5, 0.6) is 0 Å². The summed E-state index contributed by atoms with van der Waals surface area (Å²) in [5, 5.41) is 7.94. The van der Waals surface area contributed by atoms with E-state index in [1.54, 1.807) is 6.33 Å². The number of rotatable bonds is 7. The Morgan fingerprint density at radius 2 is 2.21 bits per heavy atom. The van der Waals surface area contributed by atoms with Crippen LogP contribution >= 0.6 is 0 Å². The first-order valence-corrected chi connectivity index (χ1v) is 7.53. The Labute approximate surface area is 115 Å². The van der Waals surface area contributed by atoms with Crippen LogP contribution < -0.4 is 5.32 Å². The number of hydrogen-bond acceptors (Lipinski definition) is 4. The third-order valence-corrected chi connectivity index (χ3v) is 3.83. The molecule has 0 aromatic carbocycles. The monoisotopic (exact) mass is 266 g/mol. The molecular formula is C14H26N4O. The number of nitrogens with zero attached hydrogens (tertiary/aromatic N) is 3. The Kier molecular flexibility index (Phi) is 5.79. The minimum Gasteiger partial charge on any atom is -0.381 e. The fraction of sp³-hybridized carbons (Fsp3) is 0.857. The zero-order valence-electron chi connectivity index (χ0n) is 12.1. The molecule has 0 amide bonds. The van der Waals surface area contributed by atoms with Crippen molar-refractivity contribution >= 4 is 0 Å². The lowest BCUT2D eigenvalue weighted by molar-refractivity contribution is 0.0536. The van der Waals surface area contributed by atoms with E-state index in [2.05, 4.69) is 29.2 Å². The van der Waals surface area contributed by atoms with Crippen molar-refractivity contribution in [2.24, 2.45) is 5.92 Å². The van der Waals surface area contributed by atoms with Gasteiger partial charge in [-0.25, -0.2) is 4.98 Å². The molecule has 0 bridgehead atoms. The van der Waals surface area contributed by atoms with Crippen LogP contribution in [0.2, 0.25) is 0 Å². The lowest BCUT2D eigenvalue weighted by Crippen LogP contribution is -2.41. The number of hydrogen-bond donors (Lipinski definition) is 1. The molecule has 0 saturated carbocycles. The first kappa shape index (κ1) is 14.5. The zero-order valence-corrected chi connectivity index (χ0v) is 12.1. The lowest BCUT2D eigenvalue weighted by atomic mass is 9.89. The third kappa shape index (κ3) is 4.01. The third-order valence-electron chi connectivity index (χ3n) is 3.83. The van der Waals surface area contributed by atoms with Crippen LogP contribution in [0.15, 0.2) is 6.33 Å². The molecule has 5 nitrogen and oxygen atoms in total. The average molecular weight is 266 g/mol. The second-order valence-electron chi connectivity index (χ2n) is 5.22. The van der Waals surface area contributed by atoms with Crippen LogP contribution in [0.25, 0.3) is 0 Å². The van der Waals surface area contributed by atoms with Crippen LogP contribution in [0.1, 0.15) is 38.9 Å². The molecule has 19 heavy (non-hydrogen) atoms. The van der Waals surface area contributed by atoms with Crippen molar-refractivity contribution in [2.75, 3.05) is 19.8 Å². The van der Waals surface area contributed by atoms with Gasteiger partial charge in [0.25, 0.3) is 0 Å². The Balaban J connectivity index is 2.00. The summed E-state index contributed by atoms with van der Waals surface area (Å²) in [6.07, 6.45) is 6.05. The maximum atomic E-state index is 5.46. The molecule has 2 rings (SSSR count). The van der Waals surface area contributed by atoms with Crippen LogP contribution in [0.4, 0.5) is 0 Å². The van der Waals surface area contributed by atoms with E-state index in [4.69, 9.17) is 4.74 Å². The van der Waals surface area contributed by atoms with Crippen LogP contribution in [-0.2, 0) is 17.7 Å². The van der Waals surface area contributed by atoms with E-state index in [9.17, 15) is 0 Å². The molecule has 1 aliphatic heterocycles. The normalized spacial score (nSPS) is 18.6. The van der Waals surface area contributed by atoms with Gasteiger partial charge in [-0.1, -0.05) is 13.8 Å². The predicted molar refractivity (Wildman–Crippen MR) is 75.0 cm³/mol. The molecular weight excluding hydrogens is 240 g/mol. The van der Waals surface area contributed by atoms with Crippen molar-refractivity contribution in [3.05, 3.63) is 12.2 Å². The topological polar surface area (TPSA) is 52.0 Å². The van der Waals surface area contributed by atoms with Gasteiger partial charge >= 0.3 is 0 Å². The van der Waals surface area contributed by atoms with Gasteiger partial charge in [-0.15, -0.1) is 0 Å². The molecule has 1 N–H and O–H groups in total. The highest BCUT2D eigenvalue weighted by Crippen LogP contribution is 2.21. The summed E-state index contributed by atoms with van der Waals surface area (Å²) >= 11 is 0. The van der Waals surface area contributed by atoms with Crippen molar-refractivity contribution in [3.8, 4) is 0 Å². The van der Waals surface area contributed by atoms with Gasteiger partial charge < -0.3 is 10.1 Å². The molecule has 1 unspecified atom stereocenters.